The van der Waals surface area contributed by atoms with Gasteiger partial charge in [-0.15, -0.1) is 0 Å². The highest BCUT2D eigenvalue weighted by Gasteiger charge is 2.37. The minimum Gasteiger partial charge on any atom is -0.493 e. The highest BCUT2D eigenvalue weighted by Crippen LogP contribution is 2.32. The van der Waals surface area contributed by atoms with Crippen molar-refractivity contribution in [2.45, 2.75) is 6.61 Å². The molecule has 7 nitrogen and oxygen atoms in total. The second kappa shape index (κ2) is 10.4. The van der Waals surface area contributed by atoms with Gasteiger partial charge in [-0.1, -0.05) is 59.1 Å². The molecule has 0 unspecified atom stereocenters. The Kier molecular flexibility index (Phi) is 7.31. The Labute approximate surface area is 215 Å². The number of nitrogens with zero attached hydrogens (tertiary/aromatic N) is 1. The summed E-state index contributed by atoms with van der Waals surface area (Å²) < 4.78 is 11.3. The number of hydrogen-bond acceptors (Lipinski definition) is 5. The van der Waals surface area contributed by atoms with Gasteiger partial charge in [-0.25, -0.2) is 9.69 Å². The van der Waals surface area contributed by atoms with E-state index >= 15 is 0 Å². The first-order valence-electron chi connectivity index (χ1n) is 10.2. The lowest BCUT2D eigenvalue weighted by Gasteiger charge is -2.26. The van der Waals surface area contributed by atoms with Crippen LogP contribution >= 0.6 is 34.8 Å². The second-order valence-electron chi connectivity index (χ2n) is 7.35. The van der Waals surface area contributed by atoms with Gasteiger partial charge >= 0.3 is 6.03 Å². The van der Waals surface area contributed by atoms with Crippen molar-refractivity contribution >= 4 is 64.4 Å². The molecule has 4 rings (SSSR count). The third kappa shape index (κ3) is 5.27. The Morgan fingerprint density at radius 2 is 1.66 bits per heavy atom. The summed E-state index contributed by atoms with van der Waals surface area (Å²) in [6.07, 6.45) is 1.36. The number of carbonyl (C=O) groups is 3. The Morgan fingerprint density at radius 1 is 0.886 bits per heavy atom. The Balaban J connectivity index is 1.61. The van der Waals surface area contributed by atoms with E-state index in [0.717, 1.165) is 10.5 Å². The minimum absolute atomic E-state index is 0.157. The standard InChI is InChI=1S/C25H17Cl3N2O5/c1-34-22-11-14(6-9-21(22)35-13-15-4-2-3-5-18(15)26)10-17-23(31)29-25(33)30(24(17)32)16-7-8-19(27)20(28)12-16/h2-12H,13H2,1H3,(H,29,31,33)/b17-10+. The number of amides is 4. The number of urea groups is 1. The van der Waals surface area contributed by atoms with Crippen LogP contribution in [0.25, 0.3) is 6.08 Å². The van der Waals surface area contributed by atoms with E-state index in [4.69, 9.17) is 44.3 Å². The molecule has 3 aromatic rings. The van der Waals surface area contributed by atoms with E-state index in [1.807, 2.05) is 18.2 Å². The molecule has 0 radical (unpaired) electrons. The molecule has 1 fully saturated rings. The van der Waals surface area contributed by atoms with Crippen molar-refractivity contribution < 1.29 is 23.9 Å². The predicted molar refractivity (Wildman–Crippen MR) is 134 cm³/mol. The summed E-state index contributed by atoms with van der Waals surface area (Å²) in [5.41, 5.74) is 1.21. The number of anilines is 1. The molecule has 10 heteroatoms. The quantitative estimate of drug-likeness (QED) is 0.316. The van der Waals surface area contributed by atoms with Crippen LogP contribution < -0.4 is 19.7 Å². The number of halogens is 3. The number of carbonyl (C=O) groups excluding carboxylic acids is 3. The molecule has 4 amide bonds. The maximum Gasteiger partial charge on any atom is 0.335 e. The molecule has 1 heterocycles. The molecule has 0 aliphatic carbocycles. The molecule has 1 aliphatic heterocycles. The van der Waals surface area contributed by atoms with E-state index in [1.54, 1.807) is 24.3 Å². The molecule has 0 bridgehead atoms. The van der Waals surface area contributed by atoms with Gasteiger partial charge in [0.25, 0.3) is 11.8 Å². The summed E-state index contributed by atoms with van der Waals surface area (Å²) in [6, 6.07) is 15.6. The molecule has 0 atom stereocenters. The molecule has 0 saturated carbocycles. The summed E-state index contributed by atoms with van der Waals surface area (Å²) in [4.78, 5) is 38.8. The van der Waals surface area contributed by atoms with E-state index in [9.17, 15) is 14.4 Å². The Hall–Kier alpha value is -3.52. The average Bonchev–Trinajstić information content (AvgIpc) is 2.83. The monoisotopic (exact) mass is 530 g/mol. The van der Waals surface area contributed by atoms with Gasteiger partial charge in [0, 0.05) is 10.6 Å². The lowest BCUT2D eigenvalue weighted by molar-refractivity contribution is -0.122. The minimum atomic E-state index is -0.892. The highest BCUT2D eigenvalue weighted by atomic mass is 35.5. The second-order valence-corrected chi connectivity index (χ2v) is 8.57. The van der Waals surface area contributed by atoms with Gasteiger partial charge in [-0.05, 0) is 48.0 Å². The molecule has 1 N–H and O–H groups in total. The van der Waals surface area contributed by atoms with Crippen LogP contribution in [0.5, 0.6) is 11.5 Å². The fourth-order valence-electron chi connectivity index (χ4n) is 3.35. The van der Waals surface area contributed by atoms with Gasteiger partial charge in [0.2, 0.25) is 0 Å². The van der Waals surface area contributed by atoms with Crippen molar-refractivity contribution in [3.63, 3.8) is 0 Å². The van der Waals surface area contributed by atoms with Crippen LogP contribution in [0.4, 0.5) is 10.5 Å². The topological polar surface area (TPSA) is 84.9 Å². The van der Waals surface area contributed by atoms with Crippen LogP contribution in [-0.2, 0) is 16.2 Å². The average molecular weight is 532 g/mol. The molecule has 0 spiro atoms. The first-order valence-corrected chi connectivity index (χ1v) is 11.3. The number of methoxy groups -OCH3 is 1. The number of ether oxygens (including phenoxy) is 2. The maximum atomic E-state index is 13.1. The zero-order valence-electron chi connectivity index (χ0n) is 18.2. The van der Waals surface area contributed by atoms with Gasteiger partial charge in [0.15, 0.2) is 11.5 Å². The molecule has 3 aromatic carbocycles. The predicted octanol–water partition coefficient (Wildman–Crippen LogP) is 5.90. The third-order valence-electron chi connectivity index (χ3n) is 5.10. The van der Waals surface area contributed by atoms with E-state index in [2.05, 4.69) is 5.32 Å². The van der Waals surface area contributed by atoms with Gasteiger partial charge in [0.1, 0.15) is 12.2 Å². The zero-order valence-corrected chi connectivity index (χ0v) is 20.4. The van der Waals surface area contributed by atoms with Crippen molar-refractivity contribution in [1.29, 1.82) is 0 Å². The van der Waals surface area contributed by atoms with Crippen molar-refractivity contribution in [2.24, 2.45) is 0 Å². The van der Waals surface area contributed by atoms with Crippen LogP contribution in [0.3, 0.4) is 0 Å². The van der Waals surface area contributed by atoms with Crippen molar-refractivity contribution in [2.75, 3.05) is 12.0 Å². The smallest absolute Gasteiger partial charge is 0.335 e. The zero-order chi connectivity index (χ0) is 25.1. The number of benzene rings is 3. The summed E-state index contributed by atoms with van der Waals surface area (Å²) in [6.45, 7) is 0.220. The number of hydrogen-bond donors (Lipinski definition) is 1. The van der Waals surface area contributed by atoms with Gasteiger partial charge in [-0.3, -0.25) is 14.9 Å². The summed E-state index contributed by atoms with van der Waals surface area (Å²) in [5.74, 6) is -0.807. The fourth-order valence-corrected chi connectivity index (χ4v) is 3.83. The van der Waals surface area contributed by atoms with Crippen LogP contribution in [0.15, 0.2) is 66.2 Å². The summed E-state index contributed by atoms with van der Waals surface area (Å²) >= 11 is 18.1. The van der Waals surface area contributed by atoms with Crippen molar-refractivity contribution in [3.05, 3.63) is 92.4 Å². The van der Waals surface area contributed by atoms with Gasteiger partial charge < -0.3 is 9.47 Å². The van der Waals surface area contributed by atoms with Crippen LogP contribution in [0, 0.1) is 0 Å². The SMILES string of the molecule is COc1cc(/C=C2\C(=O)NC(=O)N(c3ccc(Cl)c(Cl)c3)C2=O)ccc1OCc1ccccc1Cl. The largest absolute Gasteiger partial charge is 0.493 e. The Morgan fingerprint density at radius 3 is 2.37 bits per heavy atom. The maximum absolute atomic E-state index is 13.1. The van der Waals surface area contributed by atoms with Crippen molar-refractivity contribution in [3.8, 4) is 11.5 Å². The first kappa shape index (κ1) is 24.6. The van der Waals surface area contributed by atoms with E-state index in [0.29, 0.717) is 22.1 Å². The third-order valence-corrected chi connectivity index (χ3v) is 6.21. The molecule has 1 aliphatic rings. The van der Waals surface area contributed by atoms with Crippen LogP contribution in [0.1, 0.15) is 11.1 Å². The molecular weight excluding hydrogens is 515 g/mol. The van der Waals surface area contributed by atoms with Crippen LogP contribution in [0.2, 0.25) is 15.1 Å². The van der Waals surface area contributed by atoms with Gasteiger partial charge in [-0.2, -0.15) is 0 Å². The van der Waals surface area contributed by atoms with E-state index in [1.165, 1.54) is 31.4 Å². The highest BCUT2D eigenvalue weighted by molar-refractivity contribution is 6.43. The number of nitrogens with one attached hydrogen (secondary N) is 1. The summed E-state index contributed by atoms with van der Waals surface area (Å²) in [7, 11) is 1.47. The first-order chi connectivity index (χ1) is 16.8. The van der Waals surface area contributed by atoms with E-state index in [-0.39, 0.29) is 27.9 Å². The lowest BCUT2D eigenvalue weighted by atomic mass is 10.1. The van der Waals surface area contributed by atoms with Crippen molar-refractivity contribution in [1.82, 2.24) is 5.32 Å². The Bertz CT molecular complexity index is 1370. The fraction of sp³-hybridized carbons (Fsp3) is 0.0800. The normalized spacial score (nSPS) is 14.8. The molecular formula is C25H17Cl3N2O5. The summed E-state index contributed by atoms with van der Waals surface area (Å²) in [5, 5.41) is 3.16. The van der Waals surface area contributed by atoms with E-state index < -0.39 is 17.8 Å². The lowest BCUT2D eigenvalue weighted by Crippen LogP contribution is -2.54. The van der Waals surface area contributed by atoms with Gasteiger partial charge in [0.05, 0.1) is 22.8 Å². The number of imide groups is 2. The van der Waals surface area contributed by atoms with Crippen LogP contribution in [-0.4, -0.2) is 25.0 Å². The molecule has 0 aromatic heterocycles. The number of barbiturate groups is 1. The molecule has 178 valence electrons. The molecule has 1 saturated heterocycles. The number of rotatable bonds is 6. The molecule has 35 heavy (non-hydrogen) atoms.